The largest absolute Gasteiger partial charge is 0.358 e. The quantitative estimate of drug-likeness (QED) is 0.646. The van der Waals surface area contributed by atoms with Crippen LogP contribution in [0.4, 0.5) is 0 Å². The van der Waals surface area contributed by atoms with Crippen molar-refractivity contribution in [3.63, 3.8) is 0 Å². The molecule has 0 aromatic rings. The second-order valence-corrected chi connectivity index (χ2v) is 7.28. The summed E-state index contributed by atoms with van der Waals surface area (Å²) in [4.78, 5) is 11.0. The lowest BCUT2D eigenvalue weighted by Gasteiger charge is -2.14. The van der Waals surface area contributed by atoms with Gasteiger partial charge in [-0.1, -0.05) is 13.8 Å². The zero-order valence-electron chi connectivity index (χ0n) is 11.8. The molecule has 0 saturated heterocycles. The lowest BCUT2D eigenvalue weighted by Crippen LogP contribution is -2.34. The number of carbonyl (C=O) groups is 1. The molecule has 6 heteroatoms. The summed E-state index contributed by atoms with van der Waals surface area (Å²) in [6.07, 6.45) is 2.16. The van der Waals surface area contributed by atoms with Crippen molar-refractivity contribution in [2.24, 2.45) is 5.92 Å². The number of rotatable bonds is 9. The molecule has 0 aromatic heterocycles. The molecule has 2 N–H and O–H groups in total. The zero-order valence-corrected chi connectivity index (χ0v) is 12.6. The van der Waals surface area contributed by atoms with E-state index >= 15 is 0 Å². The molecule has 0 aliphatic heterocycles. The van der Waals surface area contributed by atoms with Crippen molar-refractivity contribution in [1.82, 2.24) is 10.6 Å². The number of sulfone groups is 1. The molecule has 0 aromatic carbocycles. The fraction of sp³-hybridized carbons (Fsp3) is 0.917. The minimum absolute atomic E-state index is 0.00639. The van der Waals surface area contributed by atoms with Gasteiger partial charge in [-0.2, -0.15) is 0 Å². The van der Waals surface area contributed by atoms with Gasteiger partial charge in [-0.25, -0.2) is 8.42 Å². The third kappa shape index (κ3) is 9.41. The maximum Gasteiger partial charge on any atom is 0.234 e. The van der Waals surface area contributed by atoms with Crippen molar-refractivity contribution in [1.29, 1.82) is 0 Å². The van der Waals surface area contributed by atoms with Crippen molar-refractivity contribution in [3.8, 4) is 0 Å². The van der Waals surface area contributed by atoms with Crippen LogP contribution in [-0.4, -0.2) is 45.5 Å². The SMILES string of the molecule is CNC(=O)CS(=O)(=O)CCNC(C)CCC(C)C. The first kappa shape index (κ1) is 17.4. The van der Waals surface area contributed by atoms with Crippen molar-refractivity contribution in [2.75, 3.05) is 25.1 Å². The average molecular weight is 278 g/mol. The lowest BCUT2D eigenvalue weighted by molar-refractivity contribution is -0.118. The Morgan fingerprint density at radius 3 is 2.28 bits per heavy atom. The lowest BCUT2D eigenvalue weighted by atomic mass is 10.0. The maximum absolute atomic E-state index is 11.5. The second kappa shape index (κ2) is 8.48. The van der Waals surface area contributed by atoms with Crippen molar-refractivity contribution in [3.05, 3.63) is 0 Å². The van der Waals surface area contributed by atoms with Crippen molar-refractivity contribution in [2.45, 2.75) is 39.7 Å². The summed E-state index contributed by atoms with van der Waals surface area (Å²) in [7, 11) is -1.86. The Bertz CT molecular complexity index is 339. The molecule has 0 heterocycles. The van der Waals surface area contributed by atoms with Crippen molar-refractivity contribution >= 4 is 15.7 Å². The molecule has 108 valence electrons. The first-order valence-electron chi connectivity index (χ1n) is 6.41. The third-order valence-corrected chi connectivity index (χ3v) is 4.24. The van der Waals surface area contributed by atoms with E-state index in [1.54, 1.807) is 0 Å². The highest BCUT2D eigenvalue weighted by Crippen LogP contribution is 2.06. The van der Waals surface area contributed by atoms with Gasteiger partial charge in [0.05, 0.1) is 5.75 Å². The van der Waals surface area contributed by atoms with Crippen LogP contribution < -0.4 is 10.6 Å². The van der Waals surface area contributed by atoms with E-state index in [2.05, 4.69) is 24.5 Å². The van der Waals surface area contributed by atoms with E-state index in [0.717, 1.165) is 12.8 Å². The van der Waals surface area contributed by atoms with E-state index in [-0.39, 0.29) is 5.75 Å². The van der Waals surface area contributed by atoms with Gasteiger partial charge in [-0.3, -0.25) is 4.79 Å². The van der Waals surface area contributed by atoms with Gasteiger partial charge in [-0.15, -0.1) is 0 Å². The summed E-state index contributed by atoms with van der Waals surface area (Å²) in [5, 5.41) is 5.49. The summed E-state index contributed by atoms with van der Waals surface area (Å²) in [5.41, 5.74) is 0. The summed E-state index contributed by atoms with van der Waals surface area (Å²) in [6, 6.07) is 0.308. The van der Waals surface area contributed by atoms with Crippen LogP contribution in [0.15, 0.2) is 0 Å². The Labute approximate surface area is 111 Å². The van der Waals surface area contributed by atoms with Gasteiger partial charge in [0, 0.05) is 19.6 Å². The Kier molecular flexibility index (Phi) is 8.18. The molecule has 18 heavy (non-hydrogen) atoms. The predicted molar refractivity (Wildman–Crippen MR) is 74.3 cm³/mol. The summed E-state index contributed by atoms with van der Waals surface area (Å²) in [5.74, 6) is -0.216. The number of amides is 1. The molecule has 0 saturated carbocycles. The van der Waals surface area contributed by atoms with E-state index in [1.165, 1.54) is 7.05 Å². The van der Waals surface area contributed by atoms with Crippen LogP contribution in [0.2, 0.25) is 0 Å². The summed E-state index contributed by atoms with van der Waals surface area (Å²) < 4.78 is 23.1. The van der Waals surface area contributed by atoms with Crippen LogP contribution in [-0.2, 0) is 14.6 Å². The second-order valence-electron chi connectivity index (χ2n) is 5.09. The molecule has 0 fully saturated rings. The standard InChI is InChI=1S/C12H26N2O3S/c1-10(2)5-6-11(3)14-7-8-18(16,17)9-12(15)13-4/h10-11,14H,5-9H2,1-4H3,(H,13,15). The topological polar surface area (TPSA) is 75.3 Å². The molecule has 1 atom stereocenters. The molecular formula is C12H26N2O3S. The van der Waals surface area contributed by atoms with Crippen LogP contribution in [0.3, 0.4) is 0 Å². The number of carbonyl (C=O) groups excluding carboxylic acids is 1. The molecule has 0 rings (SSSR count). The van der Waals surface area contributed by atoms with Crippen molar-refractivity contribution < 1.29 is 13.2 Å². The minimum Gasteiger partial charge on any atom is -0.358 e. The van der Waals surface area contributed by atoms with E-state index in [0.29, 0.717) is 18.5 Å². The van der Waals surface area contributed by atoms with Crippen LogP contribution in [0.25, 0.3) is 0 Å². The minimum atomic E-state index is -3.29. The first-order valence-corrected chi connectivity index (χ1v) is 8.23. The Morgan fingerprint density at radius 1 is 1.17 bits per heavy atom. The predicted octanol–water partition coefficient (Wildman–Crippen LogP) is 0.562. The van der Waals surface area contributed by atoms with Gasteiger partial charge in [0.15, 0.2) is 9.84 Å². The smallest absolute Gasteiger partial charge is 0.234 e. The molecule has 5 nitrogen and oxygen atoms in total. The normalized spacial score (nSPS) is 13.6. The molecule has 0 bridgehead atoms. The van der Waals surface area contributed by atoms with Gasteiger partial charge in [0.25, 0.3) is 0 Å². The van der Waals surface area contributed by atoms with Gasteiger partial charge >= 0.3 is 0 Å². The van der Waals surface area contributed by atoms with Crippen LogP contribution in [0, 0.1) is 5.92 Å². The Balaban J connectivity index is 3.85. The third-order valence-electron chi connectivity index (χ3n) is 2.71. The number of hydrogen-bond donors (Lipinski definition) is 2. The zero-order chi connectivity index (χ0) is 14.2. The highest BCUT2D eigenvalue weighted by molar-refractivity contribution is 7.92. The van der Waals surface area contributed by atoms with Gasteiger partial charge in [0.2, 0.25) is 5.91 Å². The van der Waals surface area contributed by atoms with Gasteiger partial charge in [-0.05, 0) is 25.7 Å². The highest BCUT2D eigenvalue weighted by atomic mass is 32.2. The number of nitrogens with one attached hydrogen (secondary N) is 2. The molecule has 1 amide bonds. The van der Waals surface area contributed by atoms with E-state index < -0.39 is 21.5 Å². The molecule has 1 unspecified atom stereocenters. The average Bonchev–Trinajstić information content (AvgIpc) is 2.25. The first-order chi connectivity index (χ1) is 8.26. The molecule has 0 radical (unpaired) electrons. The Hall–Kier alpha value is -0.620. The molecule has 0 spiro atoms. The molecule has 0 aliphatic rings. The summed E-state index contributed by atoms with van der Waals surface area (Å²) >= 11 is 0. The summed E-state index contributed by atoms with van der Waals surface area (Å²) in [6.45, 7) is 6.79. The number of hydrogen-bond acceptors (Lipinski definition) is 4. The molecular weight excluding hydrogens is 252 g/mol. The fourth-order valence-corrected chi connectivity index (χ4v) is 2.61. The van der Waals surface area contributed by atoms with Crippen LogP contribution in [0.1, 0.15) is 33.6 Å². The van der Waals surface area contributed by atoms with E-state index in [9.17, 15) is 13.2 Å². The Morgan fingerprint density at radius 2 is 1.78 bits per heavy atom. The van der Waals surface area contributed by atoms with Crippen LogP contribution in [0.5, 0.6) is 0 Å². The van der Waals surface area contributed by atoms with Gasteiger partial charge in [0.1, 0.15) is 5.75 Å². The van der Waals surface area contributed by atoms with Crippen LogP contribution >= 0.6 is 0 Å². The highest BCUT2D eigenvalue weighted by Gasteiger charge is 2.15. The monoisotopic (exact) mass is 278 g/mol. The van der Waals surface area contributed by atoms with Gasteiger partial charge < -0.3 is 10.6 Å². The molecule has 0 aliphatic carbocycles. The fourth-order valence-electron chi connectivity index (χ4n) is 1.49. The van der Waals surface area contributed by atoms with E-state index in [4.69, 9.17) is 0 Å². The maximum atomic E-state index is 11.5. The van der Waals surface area contributed by atoms with E-state index in [1.807, 2.05) is 6.92 Å².